The van der Waals surface area contributed by atoms with Gasteiger partial charge in [-0.1, -0.05) is 6.07 Å². The smallest absolute Gasteiger partial charge is 0.125 e. The number of aryl methyl sites for hydroxylation is 1. The van der Waals surface area contributed by atoms with Gasteiger partial charge in [0.2, 0.25) is 0 Å². The van der Waals surface area contributed by atoms with E-state index in [4.69, 9.17) is 0 Å². The molecule has 1 fully saturated rings. The first kappa shape index (κ1) is 9.46. The summed E-state index contributed by atoms with van der Waals surface area (Å²) in [5.41, 5.74) is 2.18. The number of piperazine rings is 1. The first-order valence-corrected chi connectivity index (χ1v) is 4.99. The molecule has 0 radical (unpaired) electrons. The molecule has 2 nitrogen and oxygen atoms in total. The molecule has 1 saturated heterocycles. The average Bonchev–Trinajstić information content (AvgIpc) is 2.23. The number of anilines is 1. The molecule has 1 aromatic carbocycles. The molecule has 0 saturated carbocycles. The summed E-state index contributed by atoms with van der Waals surface area (Å²) < 4.78 is 13.1. The van der Waals surface area contributed by atoms with Crippen LogP contribution in [0.3, 0.4) is 0 Å². The van der Waals surface area contributed by atoms with Crippen LogP contribution in [-0.2, 0) is 0 Å². The molecule has 0 atom stereocenters. The maximum absolute atomic E-state index is 13.1. The van der Waals surface area contributed by atoms with Crippen molar-refractivity contribution in [1.82, 2.24) is 5.32 Å². The SMILES string of the molecule is Cc1ccc(F)cc1N1CCNCC1. The van der Waals surface area contributed by atoms with Gasteiger partial charge in [0.1, 0.15) is 5.82 Å². The number of hydrogen-bond acceptors (Lipinski definition) is 2. The summed E-state index contributed by atoms with van der Waals surface area (Å²) in [4.78, 5) is 2.23. The van der Waals surface area contributed by atoms with Crippen molar-refractivity contribution in [2.24, 2.45) is 0 Å². The van der Waals surface area contributed by atoms with Gasteiger partial charge >= 0.3 is 0 Å². The summed E-state index contributed by atoms with van der Waals surface area (Å²) >= 11 is 0. The second-order valence-corrected chi connectivity index (χ2v) is 3.67. The van der Waals surface area contributed by atoms with Gasteiger partial charge in [-0.15, -0.1) is 0 Å². The highest BCUT2D eigenvalue weighted by Crippen LogP contribution is 2.21. The highest BCUT2D eigenvalue weighted by molar-refractivity contribution is 5.53. The standard InChI is InChI=1S/C11H15FN2/c1-9-2-3-10(12)8-11(9)14-6-4-13-5-7-14/h2-3,8,13H,4-7H2,1H3. The second kappa shape index (κ2) is 3.96. The molecule has 14 heavy (non-hydrogen) atoms. The van der Waals surface area contributed by atoms with Crippen molar-refractivity contribution < 1.29 is 4.39 Å². The van der Waals surface area contributed by atoms with Crippen molar-refractivity contribution in [3.8, 4) is 0 Å². The van der Waals surface area contributed by atoms with Gasteiger partial charge in [0, 0.05) is 31.9 Å². The van der Waals surface area contributed by atoms with E-state index in [1.165, 1.54) is 6.07 Å². The monoisotopic (exact) mass is 194 g/mol. The predicted octanol–water partition coefficient (Wildman–Crippen LogP) is 1.54. The molecule has 1 aliphatic rings. The van der Waals surface area contributed by atoms with Gasteiger partial charge in [-0.3, -0.25) is 0 Å². The zero-order valence-corrected chi connectivity index (χ0v) is 8.39. The van der Waals surface area contributed by atoms with Crippen molar-refractivity contribution in [1.29, 1.82) is 0 Å². The number of hydrogen-bond donors (Lipinski definition) is 1. The topological polar surface area (TPSA) is 15.3 Å². The molecular weight excluding hydrogens is 179 g/mol. The molecule has 1 heterocycles. The van der Waals surface area contributed by atoms with Crippen LogP contribution in [0.25, 0.3) is 0 Å². The Kier molecular flexibility index (Phi) is 2.68. The van der Waals surface area contributed by atoms with Gasteiger partial charge in [0.15, 0.2) is 0 Å². The van der Waals surface area contributed by atoms with Crippen LogP contribution in [0, 0.1) is 12.7 Å². The molecule has 0 bridgehead atoms. The summed E-state index contributed by atoms with van der Waals surface area (Å²) in [6.45, 7) is 5.91. The Balaban J connectivity index is 2.24. The van der Waals surface area contributed by atoms with E-state index in [2.05, 4.69) is 10.2 Å². The Hall–Kier alpha value is -1.09. The van der Waals surface area contributed by atoms with Crippen LogP contribution >= 0.6 is 0 Å². The van der Waals surface area contributed by atoms with E-state index in [0.717, 1.165) is 37.4 Å². The minimum Gasteiger partial charge on any atom is -0.369 e. The Morgan fingerprint density at radius 3 is 2.71 bits per heavy atom. The number of benzene rings is 1. The molecule has 1 aliphatic heterocycles. The van der Waals surface area contributed by atoms with Crippen LogP contribution in [0.5, 0.6) is 0 Å². The van der Waals surface area contributed by atoms with Crippen molar-refractivity contribution in [3.63, 3.8) is 0 Å². The van der Waals surface area contributed by atoms with Crippen LogP contribution < -0.4 is 10.2 Å². The van der Waals surface area contributed by atoms with Crippen molar-refractivity contribution in [3.05, 3.63) is 29.6 Å². The molecule has 0 unspecified atom stereocenters. The summed E-state index contributed by atoms with van der Waals surface area (Å²) in [6, 6.07) is 4.98. The third-order valence-electron chi connectivity index (χ3n) is 2.63. The first-order valence-electron chi connectivity index (χ1n) is 4.99. The van der Waals surface area contributed by atoms with Gasteiger partial charge in [-0.2, -0.15) is 0 Å². The number of rotatable bonds is 1. The third kappa shape index (κ3) is 1.87. The number of halogens is 1. The lowest BCUT2D eigenvalue weighted by molar-refractivity contribution is 0.583. The van der Waals surface area contributed by atoms with E-state index >= 15 is 0 Å². The van der Waals surface area contributed by atoms with E-state index in [1.807, 2.05) is 13.0 Å². The van der Waals surface area contributed by atoms with Crippen LogP contribution in [0.1, 0.15) is 5.56 Å². The number of nitrogens with one attached hydrogen (secondary N) is 1. The first-order chi connectivity index (χ1) is 6.77. The second-order valence-electron chi connectivity index (χ2n) is 3.67. The van der Waals surface area contributed by atoms with Gasteiger partial charge in [0.05, 0.1) is 0 Å². The summed E-state index contributed by atoms with van der Waals surface area (Å²) in [5, 5.41) is 3.28. The van der Waals surface area contributed by atoms with E-state index < -0.39 is 0 Å². The predicted molar refractivity (Wildman–Crippen MR) is 56.2 cm³/mol. The van der Waals surface area contributed by atoms with E-state index in [-0.39, 0.29) is 5.82 Å². The Bertz CT molecular complexity index is 319. The summed E-state index contributed by atoms with van der Waals surface area (Å²) in [6.07, 6.45) is 0. The van der Waals surface area contributed by atoms with Gasteiger partial charge in [-0.25, -0.2) is 4.39 Å². The molecule has 0 spiro atoms. The van der Waals surface area contributed by atoms with Gasteiger partial charge in [-0.05, 0) is 24.6 Å². The van der Waals surface area contributed by atoms with Crippen molar-refractivity contribution >= 4 is 5.69 Å². The Morgan fingerprint density at radius 2 is 2.00 bits per heavy atom. The number of nitrogens with zero attached hydrogens (tertiary/aromatic N) is 1. The summed E-state index contributed by atoms with van der Waals surface area (Å²) in [7, 11) is 0. The quantitative estimate of drug-likeness (QED) is 0.729. The lowest BCUT2D eigenvalue weighted by atomic mass is 10.1. The van der Waals surface area contributed by atoms with Crippen LogP contribution in [0.2, 0.25) is 0 Å². The fraction of sp³-hybridized carbons (Fsp3) is 0.455. The molecular formula is C11H15FN2. The minimum absolute atomic E-state index is 0.149. The van der Waals surface area contributed by atoms with Gasteiger partial charge < -0.3 is 10.2 Å². The highest BCUT2D eigenvalue weighted by Gasteiger charge is 2.12. The van der Waals surface area contributed by atoms with Gasteiger partial charge in [0.25, 0.3) is 0 Å². The molecule has 0 aliphatic carbocycles. The molecule has 1 aromatic rings. The highest BCUT2D eigenvalue weighted by atomic mass is 19.1. The molecule has 76 valence electrons. The molecule has 2 rings (SSSR count). The van der Waals surface area contributed by atoms with E-state index in [9.17, 15) is 4.39 Å². The molecule has 0 amide bonds. The fourth-order valence-corrected chi connectivity index (χ4v) is 1.83. The lowest BCUT2D eigenvalue weighted by Crippen LogP contribution is -2.43. The van der Waals surface area contributed by atoms with E-state index in [0.29, 0.717) is 0 Å². The largest absolute Gasteiger partial charge is 0.369 e. The lowest BCUT2D eigenvalue weighted by Gasteiger charge is -2.30. The average molecular weight is 194 g/mol. The zero-order valence-electron chi connectivity index (χ0n) is 8.39. The Labute approximate surface area is 83.7 Å². The van der Waals surface area contributed by atoms with E-state index in [1.54, 1.807) is 6.07 Å². The zero-order chi connectivity index (χ0) is 9.97. The maximum atomic E-state index is 13.1. The van der Waals surface area contributed by atoms with Crippen LogP contribution in [0.4, 0.5) is 10.1 Å². The normalized spacial score (nSPS) is 17.1. The van der Waals surface area contributed by atoms with Crippen LogP contribution in [0.15, 0.2) is 18.2 Å². The Morgan fingerprint density at radius 1 is 1.29 bits per heavy atom. The fourth-order valence-electron chi connectivity index (χ4n) is 1.83. The minimum atomic E-state index is -0.149. The van der Waals surface area contributed by atoms with Crippen molar-refractivity contribution in [2.45, 2.75) is 6.92 Å². The third-order valence-corrected chi connectivity index (χ3v) is 2.63. The molecule has 0 aromatic heterocycles. The van der Waals surface area contributed by atoms with Crippen LogP contribution in [-0.4, -0.2) is 26.2 Å². The molecule has 1 N–H and O–H groups in total. The summed E-state index contributed by atoms with van der Waals surface area (Å²) in [5.74, 6) is -0.149. The van der Waals surface area contributed by atoms with Crippen molar-refractivity contribution in [2.75, 3.05) is 31.1 Å². The maximum Gasteiger partial charge on any atom is 0.125 e. The molecule has 3 heteroatoms.